The number of oxime groups is 1. The summed E-state index contributed by atoms with van der Waals surface area (Å²) >= 11 is 0. The molecule has 0 saturated carbocycles. The highest BCUT2D eigenvalue weighted by Gasteiger charge is 2.36. The Labute approximate surface area is 196 Å². The predicted molar refractivity (Wildman–Crippen MR) is 132 cm³/mol. The molecule has 0 spiro atoms. The molecule has 8 heteroatoms. The van der Waals surface area contributed by atoms with Gasteiger partial charge in [-0.1, -0.05) is 43.3 Å². The highest BCUT2D eigenvalue weighted by Crippen LogP contribution is 2.34. The minimum atomic E-state index is -0.523. The first-order chi connectivity index (χ1) is 15.8. The molecule has 2 aromatic rings. The van der Waals surface area contributed by atoms with Gasteiger partial charge in [0.1, 0.15) is 0 Å². The van der Waals surface area contributed by atoms with E-state index < -0.39 is 5.41 Å². The number of nitrogens with zero attached hydrogens (tertiary/aromatic N) is 4. The summed E-state index contributed by atoms with van der Waals surface area (Å²) in [6.07, 6.45) is 6.29. The van der Waals surface area contributed by atoms with Crippen molar-refractivity contribution in [3.8, 4) is 11.1 Å². The Kier molecular flexibility index (Phi) is 7.92. The molecule has 0 amide bonds. The van der Waals surface area contributed by atoms with E-state index in [0.717, 1.165) is 49.0 Å². The molecule has 33 heavy (non-hydrogen) atoms. The van der Waals surface area contributed by atoms with Crippen LogP contribution in [0.1, 0.15) is 45.6 Å². The Morgan fingerprint density at radius 2 is 1.82 bits per heavy atom. The van der Waals surface area contributed by atoms with Crippen molar-refractivity contribution < 1.29 is 9.94 Å². The topological polar surface area (TPSA) is 123 Å². The van der Waals surface area contributed by atoms with Gasteiger partial charge >= 0.3 is 0 Å². The number of likely N-dealkylation sites (tertiary alicyclic amines) is 1. The van der Waals surface area contributed by atoms with Gasteiger partial charge in [-0.05, 0) is 55.7 Å². The van der Waals surface area contributed by atoms with Crippen molar-refractivity contribution in [3.05, 3.63) is 54.7 Å². The number of piperidine rings is 1. The van der Waals surface area contributed by atoms with Gasteiger partial charge in [-0.25, -0.2) is 9.97 Å². The number of hydrogen-bond acceptors (Lipinski definition) is 7. The molecule has 2 heterocycles. The quantitative estimate of drug-likeness (QED) is 0.230. The van der Waals surface area contributed by atoms with Crippen LogP contribution in [0.4, 0.5) is 5.95 Å². The van der Waals surface area contributed by atoms with Crippen LogP contribution in [0.25, 0.3) is 11.1 Å². The van der Waals surface area contributed by atoms with Crippen molar-refractivity contribution >= 4 is 11.8 Å². The fourth-order valence-corrected chi connectivity index (χ4v) is 4.18. The van der Waals surface area contributed by atoms with E-state index in [4.69, 9.17) is 21.4 Å². The number of aromatic nitrogens is 2. The number of nitrogens with two attached hydrogens (primary N) is 2. The summed E-state index contributed by atoms with van der Waals surface area (Å²) in [6.45, 7) is 12.3. The molecule has 178 valence electrons. The van der Waals surface area contributed by atoms with E-state index in [1.165, 1.54) is 0 Å². The van der Waals surface area contributed by atoms with Crippen LogP contribution in [0, 0.1) is 11.8 Å². The van der Waals surface area contributed by atoms with Crippen LogP contribution >= 0.6 is 0 Å². The van der Waals surface area contributed by atoms with Gasteiger partial charge in [-0.3, -0.25) is 0 Å². The van der Waals surface area contributed by atoms with Crippen LogP contribution in [0.15, 0.2) is 54.3 Å². The van der Waals surface area contributed by atoms with Crippen LogP contribution in [0.2, 0.25) is 0 Å². The largest absolute Gasteiger partial charge is 0.396 e. The van der Waals surface area contributed by atoms with E-state index in [0.29, 0.717) is 17.6 Å². The van der Waals surface area contributed by atoms with Crippen molar-refractivity contribution in [2.24, 2.45) is 22.7 Å². The Balaban J connectivity index is 1.71. The lowest BCUT2D eigenvalue weighted by Gasteiger charge is -2.35. The monoisotopic (exact) mass is 452 g/mol. The smallest absolute Gasteiger partial charge is 0.219 e. The standard InChI is InChI=1S/C25H36N6O2/c1-17(2)25(4,22-7-5-20(6-8-22)21-15-28-24(27)29-16-21)23(26)30-33-18(3)31-12-9-19(10-13-31)11-14-32/h5-8,15-17,19,32H,3,9-14H2,1-2,4H3,(H2,26,30)(H2,27,28,29). The van der Waals surface area contributed by atoms with Gasteiger partial charge in [0.05, 0.1) is 5.41 Å². The molecule has 1 unspecified atom stereocenters. The van der Waals surface area contributed by atoms with Crippen molar-refractivity contribution in [1.29, 1.82) is 0 Å². The first kappa shape index (κ1) is 24.5. The lowest BCUT2D eigenvalue weighted by Crippen LogP contribution is -2.43. The Morgan fingerprint density at radius 1 is 1.21 bits per heavy atom. The highest BCUT2D eigenvalue weighted by atomic mass is 16.6. The van der Waals surface area contributed by atoms with Gasteiger partial charge in [0.25, 0.3) is 0 Å². The van der Waals surface area contributed by atoms with Gasteiger partial charge in [0.15, 0.2) is 5.84 Å². The Bertz CT molecular complexity index is 950. The minimum absolute atomic E-state index is 0.179. The summed E-state index contributed by atoms with van der Waals surface area (Å²) in [5.41, 5.74) is 14.5. The number of amidine groups is 1. The second-order valence-corrected chi connectivity index (χ2v) is 9.17. The lowest BCUT2D eigenvalue weighted by molar-refractivity contribution is 0.0864. The number of rotatable bonds is 9. The molecule has 1 aromatic carbocycles. The maximum atomic E-state index is 9.14. The fraction of sp³-hybridized carbons (Fsp3) is 0.480. The molecule has 0 aliphatic carbocycles. The van der Waals surface area contributed by atoms with Crippen molar-refractivity contribution in [3.63, 3.8) is 0 Å². The first-order valence-corrected chi connectivity index (χ1v) is 11.5. The third-order valence-electron chi connectivity index (χ3n) is 6.93. The maximum absolute atomic E-state index is 9.14. The van der Waals surface area contributed by atoms with Gasteiger partial charge in [-0.15, -0.1) is 0 Å². The highest BCUT2D eigenvalue weighted by molar-refractivity contribution is 5.91. The van der Waals surface area contributed by atoms with Gasteiger partial charge < -0.3 is 26.3 Å². The molecule has 3 rings (SSSR count). The van der Waals surface area contributed by atoms with Crippen LogP contribution in [-0.2, 0) is 10.3 Å². The van der Waals surface area contributed by atoms with E-state index in [9.17, 15) is 0 Å². The van der Waals surface area contributed by atoms with E-state index >= 15 is 0 Å². The molecule has 1 aromatic heterocycles. The average Bonchev–Trinajstić information content (AvgIpc) is 2.83. The minimum Gasteiger partial charge on any atom is -0.396 e. The molecular formula is C25H36N6O2. The van der Waals surface area contributed by atoms with E-state index in [1.54, 1.807) is 12.4 Å². The van der Waals surface area contributed by atoms with Crippen LogP contribution in [-0.4, -0.2) is 45.5 Å². The maximum Gasteiger partial charge on any atom is 0.219 e. The fourth-order valence-electron chi connectivity index (χ4n) is 4.18. The second-order valence-electron chi connectivity index (χ2n) is 9.17. The van der Waals surface area contributed by atoms with Crippen molar-refractivity contribution in [2.75, 3.05) is 25.4 Å². The van der Waals surface area contributed by atoms with Crippen LogP contribution < -0.4 is 11.5 Å². The molecule has 1 fully saturated rings. The van der Waals surface area contributed by atoms with Crippen molar-refractivity contribution in [1.82, 2.24) is 14.9 Å². The third-order valence-corrected chi connectivity index (χ3v) is 6.93. The van der Waals surface area contributed by atoms with Gasteiger partial charge in [-0.2, -0.15) is 0 Å². The number of nitrogen functional groups attached to an aromatic ring is 1. The molecule has 1 aliphatic rings. The molecule has 1 atom stereocenters. The summed E-state index contributed by atoms with van der Waals surface area (Å²) in [5, 5.41) is 13.4. The van der Waals surface area contributed by atoms with Crippen molar-refractivity contribution in [2.45, 2.75) is 45.4 Å². The molecule has 1 saturated heterocycles. The summed E-state index contributed by atoms with van der Waals surface area (Å²) in [5.74, 6) is 1.89. The Morgan fingerprint density at radius 3 is 2.36 bits per heavy atom. The zero-order chi connectivity index (χ0) is 24.0. The number of aliphatic hydroxyl groups excluding tert-OH is 1. The number of hydrogen-bond donors (Lipinski definition) is 3. The van der Waals surface area contributed by atoms with E-state index in [1.807, 2.05) is 12.1 Å². The zero-order valence-corrected chi connectivity index (χ0v) is 19.9. The molecule has 5 N–H and O–H groups in total. The van der Waals surface area contributed by atoms with E-state index in [-0.39, 0.29) is 18.5 Å². The van der Waals surface area contributed by atoms with E-state index in [2.05, 4.69) is 59.5 Å². The first-order valence-electron chi connectivity index (χ1n) is 11.5. The third kappa shape index (κ3) is 5.63. The number of aliphatic hydroxyl groups is 1. The molecular weight excluding hydrogens is 416 g/mol. The number of benzene rings is 1. The normalized spacial score (nSPS) is 17.1. The molecule has 0 bridgehead atoms. The summed E-state index contributed by atoms with van der Waals surface area (Å²) in [4.78, 5) is 15.9. The molecule has 1 aliphatic heterocycles. The average molecular weight is 453 g/mol. The van der Waals surface area contributed by atoms with Crippen LogP contribution in [0.3, 0.4) is 0 Å². The SMILES string of the molecule is C=C(O/N=C(\N)C(C)(c1ccc(-c2cnc(N)nc2)cc1)C(C)C)N1CCC(CCO)CC1. The summed E-state index contributed by atoms with van der Waals surface area (Å²) in [7, 11) is 0. The molecule has 8 nitrogen and oxygen atoms in total. The van der Waals surface area contributed by atoms with Gasteiger partial charge in [0, 0.05) is 37.7 Å². The molecule has 0 radical (unpaired) electrons. The number of anilines is 1. The lowest BCUT2D eigenvalue weighted by atomic mass is 9.72. The van der Waals surface area contributed by atoms with Crippen LogP contribution in [0.5, 0.6) is 0 Å². The predicted octanol–water partition coefficient (Wildman–Crippen LogP) is 3.49. The second kappa shape index (κ2) is 10.7. The summed E-state index contributed by atoms with van der Waals surface area (Å²) < 4.78 is 0. The summed E-state index contributed by atoms with van der Waals surface area (Å²) in [6, 6.07) is 8.15. The van der Waals surface area contributed by atoms with Gasteiger partial charge in [0.2, 0.25) is 11.8 Å². The zero-order valence-electron chi connectivity index (χ0n) is 19.9. The Hall–Kier alpha value is -3.13.